The molecule has 96 valence electrons. The lowest BCUT2D eigenvalue weighted by Crippen LogP contribution is -2.30. The standard InChI is InChI=1S/C12H13NO4S/c1-17-12(16)8-4-2-7(3-5-8)9-6-18-10(13-9)11(14)15/h2-5,9-10,13H,6H2,1H3,(H,14,15)/t9-,10-/m1/s1. The molecule has 1 aromatic rings. The van der Waals surface area contributed by atoms with Gasteiger partial charge in [0.1, 0.15) is 0 Å². The van der Waals surface area contributed by atoms with E-state index in [0.717, 1.165) is 5.56 Å². The molecule has 1 aliphatic rings. The monoisotopic (exact) mass is 267 g/mol. The van der Waals surface area contributed by atoms with Crippen LogP contribution in [0.3, 0.4) is 0 Å². The molecule has 6 heteroatoms. The number of methoxy groups -OCH3 is 1. The topological polar surface area (TPSA) is 75.6 Å². The third-order valence-corrected chi connectivity index (χ3v) is 3.94. The lowest BCUT2D eigenvalue weighted by molar-refractivity contribution is -0.137. The van der Waals surface area contributed by atoms with Gasteiger partial charge in [-0.15, -0.1) is 11.8 Å². The molecule has 2 atom stereocenters. The van der Waals surface area contributed by atoms with Gasteiger partial charge in [0.05, 0.1) is 12.7 Å². The van der Waals surface area contributed by atoms with Crippen LogP contribution in [-0.2, 0) is 9.53 Å². The summed E-state index contributed by atoms with van der Waals surface area (Å²) in [7, 11) is 1.34. The van der Waals surface area contributed by atoms with E-state index >= 15 is 0 Å². The molecule has 1 aromatic carbocycles. The highest BCUT2D eigenvalue weighted by molar-refractivity contribution is 8.00. The molecule has 5 nitrogen and oxygen atoms in total. The summed E-state index contributed by atoms with van der Waals surface area (Å²) in [5, 5.41) is 11.3. The van der Waals surface area contributed by atoms with Gasteiger partial charge in [0.15, 0.2) is 5.37 Å². The Morgan fingerprint density at radius 2 is 2.06 bits per heavy atom. The number of hydrogen-bond donors (Lipinski definition) is 2. The number of nitrogens with one attached hydrogen (secondary N) is 1. The number of rotatable bonds is 3. The highest BCUT2D eigenvalue weighted by atomic mass is 32.2. The van der Waals surface area contributed by atoms with E-state index in [1.54, 1.807) is 12.1 Å². The number of carbonyl (C=O) groups excluding carboxylic acids is 1. The molecule has 1 heterocycles. The number of aliphatic carboxylic acids is 1. The van der Waals surface area contributed by atoms with E-state index in [1.807, 2.05) is 12.1 Å². The average molecular weight is 267 g/mol. The van der Waals surface area contributed by atoms with Crippen LogP contribution in [0.4, 0.5) is 0 Å². The number of thioether (sulfide) groups is 1. The first-order valence-corrected chi connectivity index (χ1v) is 6.45. The highest BCUT2D eigenvalue weighted by Gasteiger charge is 2.30. The van der Waals surface area contributed by atoms with Crippen molar-refractivity contribution >= 4 is 23.7 Å². The summed E-state index contributed by atoms with van der Waals surface area (Å²) >= 11 is 1.37. The molecular weight excluding hydrogens is 254 g/mol. The molecule has 0 bridgehead atoms. The van der Waals surface area contributed by atoms with Gasteiger partial charge in [-0.2, -0.15) is 0 Å². The van der Waals surface area contributed by atoms with Gasteiger partial charge in [0.2, 0.25) is 0 Å². The Balaban J connectivity index is 2.07. The van der Waals surface area contributed by atoms with E-state index in [9.17, 15) is 9.59 Å². The zero-order valence-electron chi connectivity index (χ0n) is 9.75. The Hall–Kier alpha value is -1.53. The van der Waals surface area contributed by atoms with Crippen LogP contribution in [0.1, 0.15) is 22.0 Å². The lowest BCUT2D eigenvalue weighted by atomic mass is 10.1. The van der Waals surface area contributed by atoms with E-state index in [4.69, 9.17) is 5.11 Å². The summed E-state index contributed by atoms with van der Waals surface area (Å²) in [4.78, 5) is 22.1. The van der Waals surface area contributed by atoms with Gasteiger partial charge >= 0.3 is 11.9 Å². The van der Waals surface area contributed by atoms with Crippen molar-refractivity contribution in [3.63, 3.8) is 0 Å². The van der Waals surface area contributed by atoms with Crippen LogP contribution >= 0.6 is 11.8 Å². The fourth-order valence-electron chi connectivity index (χ4n) is 1.78. The Kier molecular flexibility index (Phi) is 3.88. The van der Waals surface area contributed by atoms with Gasteiger partial charge in [-0.05, 0) is 17.7 Å². The predicted octanol–water partition coefficient (Wildman–Crippen LogP) is 1.26. The number of ether oxygens (including phenoxy) is 1. The zero-order valence-corrected chi connectivity index (χ0v) is 10.6. The summed E-state index contributed by atoms with van der Waals surface area (Å²) in [6, 6.07) is 7.00. The highest BCUT2D eigenvalue weighted by Crippen LogP contribution is 2.29. The molecule has 0 saturated carbocycles. The third kappa shape index (κ3) is 2.65. The molecule has 0 unspecified atom stereocenters. The van der Waals surface area contributed by atoms with Crippen LogP contribution in [-0.4, -0.2) is 35.3 Å². The molecule has 0 radical (unpaired) electrons. The summed E-state index contributed by atoms with van der Waals surface area (Å²) in [5.41, 5.74) is 1.46. The lowest BCUT2D eigenvalue weighted by Gasteiger charge is -2.11. The van der Waals surface area contributed by atoms with Crippen molar-refractivity contribution in [3.8, 4) is 0 Å². The maximum atomic E-state index is 11.3. The predicted molar refractivity (Wildman–Crippen MR) is 67.5 cm³/mol. The molecule has 1 aliphatic heterocycles. The normalized spacial score (nSPS) is 22.7. The Morgan fingerprint density at radius 3 is 2.56 bits per heavy atom. The van der Waals surface area contributed by atoms with Gasteiger partial charge < -0.3 is 9.84 Å². The Labute approximate surface area is 109 Å². The van der Waals surface area contributed by atoms with E-state index in [1.165, 1.54) is 18.9 Å². The van der Waals surface area contributed by atoms with Crippen molar-refractivity contribution in [1.82, 2.24) is 5.32 Å². The second-order valence-electron chi connectivity index (χ2n) is 3.88. The van der Waals surface area contributed by atoms with Crippen molar-refractivity contribution in [2.24, 2.45) is 0 Å². The Bertz CT molecular complexity index is 460. The van der Waals surface area contributed by atoms with Crippen molar-refractivity contribution in [2.75, 3.05) is 12.9 Å². The molecule has 0 amide bonds. The van der Waals surface area contributed by atoms with Crippen LogP contribution in [0, 0.1) is 0 Å². The number of carboxylic acid groups (broad SMARTS) is 1. The number of carboxylic acids is 1. The van der Waals surface area contributed by atoms with E-state index in [2.05, 4.69) is 10.1 Å². The smallest absolute Gasteiger partial charge is 0.337 e. The molecule has 0 aliphatic carbocycles. The first-order valence-electron chi connectivity index (χ1n) is 5.40. The third-order valence-electron chi connectivity index (χ3n) is 2.74. The molecule has 18 heavy (non-hydrogen) atoms. The summed E-state index contributed by atoms with van der Waals surface area (Å²) in [5.74, 6) is -0.526. The quantitative estimate of drug-likeness (QED) is 0.803. The summed E-state index contributed by atoms with van der Waals surface area (Å²) in [6.07, 6.45) is 0. The van der Waals surface area contributed by atoms with E-state index in [0.29, 0.717) is 11.3 Å². The molecule has 2 rings (SSSR count). The fraction of sp³-hybridized carbons (Fsp3) is 0.333. The first kappa shape index (κ1) is 12.9. The first-order chi connectivity index (χ1) is 8.61. The van der Waals surface area contributed by atoms with Crippen molar-refractivity contribution in [3.05, 3.63) is 35.4 Å². The molecule has 2 N–H and O–H groups in total. The van der Waals surface area contributed by atoms with Crippen molar-refractivity contribution in [1.29, 1.82) is 0 Å². The van der Waals surface area contributed by atoms with Gasteiger partial charge in [0, 0.05) is 11.8 Å². The van der Waals surface area contributed by atoms with Gasteiger partial charge in [-0.1, -0.05) is 12.1 Å². The van der Waals surface area contributed by atoms with E-state index < -0.39 is 11.3 Å². The van der Waals surface area contributed by atoms with Crippen LogP contribution in [0.15, 0.2) is 24.3 Å². The minimum Gasteiger partial charge on any atom is -0.479 e. The van der Waals surface area contributed by atoms with Gasteiger partial charge in [-0.3, -0.25) is 5.32 Å². The number of benzene rings is 1. The average Bonchev–Trinajstić information content (AvgIpc) is 2.88. The van der Waals surface area contributed by atoms with Crippen LogP contribution < -0.4 is 5.32 Å². The molecule has 0 spiro atoms. The second kappa shape index (κ2) is 5.41. The van der Waals surface area contributed by atoms with Crippen LogP contribution in [0.25, 0.3) is 0 Å². The second-order valence-corrected chi connectivity index (χ2v) is 5.02. The molecule has 1 fully saturated rings. The molecule has 0 aromatic heterocycles. The largest absolute Gasteiger partial charge is 0.479 e. The minimum atomic E-state index is -0.853. The minimum absolute atomic E-state index is 0.00259. The van der Waals surface area contributed by atoms with Gasteiger partial charge in [0.25, 0.3) is 0 Å². The molecular formula is C12H13NO4S. The maximum Gasteiger partial charge on any atom is 0.337 e. The molecule has 1 saturated heterocycles. The van der Waals surface area contributed by atoms with E-state index in [-0.39, 0.29) is 12.0 Å². The Morgan fingerprint density at radius 1 is 1.39 bits per heavy atom. The summed E-state index contributed by atoms with van der Waals surface area (Å²) in [6.45, 7) is 0. The van der Waals surface area contributed by atoms with Crippen molar-refractivity contribution < 1.29 is 19.4 Å². The number of carbonyl (C=O) groups is 2. The van der Waals surface area contributed by atoms with Gasteiger partial charge in [-0.25, -0.2) is 9.59 Å². The van der Waals surface area contributed by atoms with Crippen LogP contribution in [0.2, 0.25) is 0 Å². The maximum absolute atomic E-state index is 11.3. The van der Waals surface area contributed by atoms with Crippen molar-refractivity contribution in [2.45, 2.75) is 11.4 Å². The number of esters is 1. The fourth-order valence-corrected chi connectivity index (χ4v) is 2.85. The SMILES string of the molecule is COC(=O)c1ccc([C@H]2CS[C@H](C(=O)O)N2)cc1. The number of hydrogen-bond acceptors (Lipinski definition) is 5. The zero-order chi connectivity index (χ0) is 13.1. The summed E-state index contributed by atoms with van der Waals surface area (Å²) < 4.78 is 4.61. The van der Waals surface area contributed by atoms with Crippen LogP contribution in [0.5, 0.6) is 0 Å².